The fourth-order valence-electron chi connectivity index (χ4n) is 4.38. The van der Waals surface area contributed by atoms with Gasteiger partial charge in [-0.3, -0.25) is 13.9 Å². The number of phenols is 1. The number of aliphatic hydroxyl groups excluding tert-OH is 1. The molecule has 0 aliphatic carbocycles. The minimum atomic E-state index is -0.673. The Balaban J connectivity index is 0.00000456. The Labute approximate surface area is 218 Å². The molecule has 0 aliphatic rings. The zero-order chi connectivity index (χ0) is 26.3. The molecule has 0 fully saturated rings. The summed E-state index contributed by atoms with van der Waals surface area (Å²) in [7, 11) is 3.08. The second-order valence-electron chi connectivity index (χ2n) is 11.5. The fourth-order valence-corrected chi connectivity index (χ4v) is 4.38. The summed E-state index contributed by atoms with van der Waals surface area (Å²) in [6.45, 7) is 14.2. The maximum atomic E-state index is 12.6. The molecule has 0 saturated heterocycles. The molecule has 36 heavy (non-hydrogen) atoms. The lowest BCUT2D eigenvalue weighted by Gasteiger charge is -2.29. The van der Waals surface area contributed by atoms with Gasteiger partial charge in [0.15, 0.2) is 11.2 Å². The van der Waals surface area contributed by atoms with E-state index < -0.39 is 11.8 Å². The van der Waals surface area contributed by atoms with Crippen LogP contribution in [0.1, 0.15) is 70.8 Å². The van der Waals surface area contributed by atoms with E-state index in [1.165, 1.54) is 11.6 Å². The molecule has 0 amide bonds. The standard InChI is InChI=1S/C26H39N5O4.ClH/c1-25(2,3)17-12-16(13-18(21(17)33)26(4,5)6)19(32)14-27-10-9-11-31-15-28-22-20(31)23(34)30(8)24(35)29(22)7;/h12-13,15,19,27,32-33H,9-11,14H2,1-8H3;1H. The number of quaternary nitrogens is 1. The van der Waals surface area contributed by atoms with Crippen LogP contribution in [0.4, 0.5) is 0 Å². The minimum absolute atomic E-state index is 0. The molecule has 1 unspecified atom stereocenters. The molecule has 3 aromatic rings. The average molecular weight is 522 g/mol. The van der Waals surface area contributed by atoms with Gasteiger partial charge in [-0.25, -0.2) is 9.78 Å². The van der Waals surface area contributed by atoms with Crippen LogP contribution in [0.2, 0.25) is 0 Å². The molecule has 9 nitrogen and oxygen atoms in total. The SMILES string of the molecule is Cn1c(=O)c2c(ncn2CCC[NH2+]CC(O)c2cc(C(C)(C)C)c(O)c(C(C)(C)C)c2)n(C)c1=O.[Cl-]. The number of aliphatic hydroxyl groups is 1. The van der Waals surface area contributed by atoms with Gasteiger partial charge < -0.3 is 32.5 Å². The summed E-state index contributed by atoms with van der Waals surface area (Å²) in [6.07, 6.45) is 1.69. The lowest BCUT2D eigenvalue weighted by Crippen LogP contribution is -3.00. The molecule has 1 aromatic carbocycles. The number of benzene rings is 1. The highest BCUT2D eigenvalue weighted by Gasteiger charge is 2.28. The highest BCUT2D eigenvalue weighted by Crippen LogP contribution is 2.40. The first kappa shape index (κ1) is 29.6. The lowest BCUT2D eigenvalue weighted by molar-refractivity contribution is -0.662. The van der Waals surface area contributed by atoms with Crippen LogP contribution in [0, 0.1) is 0 Å². The van der Waals surface area contributed by atoms with Gasteiger partial charge in [0.05, 0.1) is 12.9 Å². The minimum Gasteiger partial charge on any atom is -1.00 e. The van der Waals surface area contributed by atoms with Gasteiger partial charge >= 0.3 is 5.69 Å². The molecule has 0 aliphatic heterocycles. The van der Waals surface area contributed by atoms with Gasteiger partial charge in [0, 0.05) is 27.1 Å². The van der Waals surface area contributed by atoms with Crippen molar-refractivity contribution in [2.24, 2.45) is 14.1 Å². The van der Waals surface area contributed by atoms with Crippen LogP contribution in [0.3, 0.4) is 0 Å². The summed E-state index contributed by atoms with van der Waals surface area (Å²) in [5.74, 6) is 0.307. The topological polar surface area (TPSA) is 119 Å². The largest absolute Gasteiger partial charge is 1.00 e. The number of hydrogen-bond donors (Lipinski definition) is 3. The third kappa shape index (κ3) is 5.85. The molecule has 0 radical (unpaired) electrons. The van der Waals surface area contributed by atoms with Crippen LogP contribution in [0.25, 0.3) is 11.2 Å². The summed E-state index contributed by atoms with van der Waals surface area (Å²) < 4.78 is 4.26. The first-order valence-corrected chi connectivity index (χ1v) is 12.1. The van der Waals surface area contributed by atoms with Gasteiger partial charge in [-0.1, -0.05) is 41.5 Å². The summed E-state index contributed by atoms with van der Waals surface area (Å²) >= 11 is 0. The predicted molar refractivity (Wildman–Crippen MR) is 137 cm³/mol. The van der Waals surface area contributed by atoms with Gasteiger partial charge in [-0.05, 0) is 39.7 Å². The summed E-state index contributed by atoms with van der Waals surface area (Å²) in [5, 5.41) is 23.9. The van der Waals surface area contributed by atoms with E-state index in [1.54, 1.807) is 17.9 Å². The highest BCUT2D eigenvalue weighted by atomic mass is 35.5. The maximum absolute atomic E-state index is 12.6. The van der Waals surface area contributed by atoms with Crippen molar-refractivity contribution in [3.05, 3.63) is 56.0 Å². The molecule has 2 aromatic heterocycles. The third-order valence-corrected chi connectivity index (χ3v) is 6.55. The maximum Gasteiger partial charge on any atom is 0.332 e. The number of nitrogens with two attached hydrogens (primary N) is 1. The van der Waals surface area contributed by atoms with E-state index in [0.717, 1.165) is 34.2 Å². The Morgan fingerprint density at radius 3 is 2.08 bits per heavy atom. The molecule has 4 N–H and O–H groups in total. The number of rotatable bonds is 7. The molecule has 3 rings (SSSR count). The number of aromatic hydroxyl groups is 1. The van der Waals surface area contributed by atoms with Crippen molar-refractivity contribution < 1.29 is 27.9 Å². The second-order valence-corrected chi connectivity index (χ2v) is 11.5. The van der Waals surface area contributed by atoms with Crippen molar-refractivity contribution >= 4 is 11.2 Å². The van der Waals surface area contributed by atoms with Crippen molar-refractivity contribution in [2.75, 3.05) is 13.1 Å². The fraction of sp³-hybridized carbons (Fsp3) is 0.577. The normalized spacial score (nSPS) is 13.1. The molecule has 0 saturated carbocycles. The number of aromatic nitrogens is 4. The van der Waals surface area contributed by atoms with Crippen LogP contribution >= 0.6 is 0 Å². The third-order valence-electron chi connectivity index (χ3n) is 6.55. The van der Waals surface area contributed by atoms with E-state index in [4.69, 9.17) is 0 Å². The Hall–Kier alpha value is -2.62. The van der Waals surface area contributed by atoms with Gasteiger partial charge in [0.25, 0.3) is 5.56 Å². The van der Waals surface area contributed by atoms with Gasteiger partial charge in [0.2, 0.25) is 0 Å². The number of phenolic OH excluding ortho intramolecular Hbond substituents is 1. The van der Waals surface area contributed by atoms with Crippen LogP contribution in [-0.2, 0) is 31.5 Å². The van der Waals surface area contributed by atoms with Gasteiger partial charge in [0.1, 0.15) is 18.4 Å². The predicted octanol–water partition coefficient (Wildman–Crippen LogP) is -1.57. The summed E-state index contributed by atoms with van der Waals surface area (Å²) in [4.78, 5) is 28.9. The van der Waals surface area contributed by atoms with E-state index in [-0.39, 0.29) is 28.8 Å². The van der Waals surface area contributed by atoms with E-state index in [0.29, 0.717) is 30.0 Å². The zero-order valence-corrected chi connectivity index (χ0v) is 23.3. The van der Waals surface area contributed by atoms with Crippen LogP contribution in [0.5, 0.6) is 5.75 Å². The zero-order valence-electron chi connectivity index (χ0n) is 22.6. The van der Waals surface area contributed by atoms with Crippen molar-refractivity contribution in [1.29, 1.82) is 0 Å². The number of nitrogens with zero attached hydrogens (tertiary/aromatic N) is 4. The Bertz CT molecular complexity index is 1310. The van der Waals surface area contributed by atoms with E-state index >= 15 is 0 Å². The van der Waals surface area contributed by atoms with Crippen molar-refractivity contribution in [3.8, 4) is 5.75 Å². The van der Waals surface area contributed by atoms with E-state index in [1.807, 2.05) is 12.1 Å². The molecular weight excluding hydrogens is 482 g/mol. The Kier molecular flexibility index (Phi) is 8.87. The monoisotopic (exact) mass is 521 g/mol. The van der Waals surface area contributed by atoms with Gasteiger partial charge in [-0.15, -0.1) is 0 Å². The Morgan fingerprint density at radius 2 is 1.56 bits per heavy atom. The number of hydrogen-bond acceptors (Lipinski definition) is 5. The summed E-state index contributed by atoms with van der Waals surface area (Å²) in [6, 6.07) is 3.83. The number of halogens is 1. The smallest absolute Gasteiger partial charge is 0.332 e. The van der Waals surface area contributed by atoms with Crippen LogP contribution < -0.4 is 29.0 Å². The van der Waals surface area contributed by atoms with Crippen molar-refractivity contribution in [2.45, 2.75) is 71.4 Å². The van der Waals surface area contributed by atoms with Crippen molar-refractivity contribution in [3.63, 3.8) is 0 Å². The molecular formula is C26H40ClN5O4. The number of imidazole rings is 1. The van der Waals surface area contributed by atoms with Crippen LogP contribution in [0.15, 0.2) is 28.0 Å². The van der Waals surface area contributed by atoms with Crippen molar-refractivity contribution in [1.82, 2.24) is 18.7 Å². The van der Waals surface area contributed by atoms with Crippen LogP contribution in [-0.4, -0.2) is 42.0 Å². The Morgan fingerprint density at radius 1 is 1.00 bits per heavy atom. The lowest BCUT2D eigenvalue weighted by atomic mass is 9.78. The average Bonchev–Trinajstić information content (AvgIpc) is 3.18. The van der Waals surface area contributed by atoms with Gasteiger partial charge in [-0.2, -0.15) is 0 Å². The molecule has 10 heteroatoms. The highest BCUT2D eigenvalue weighted by molar-refractivity contribution is 5.69. The molecule has 2 heterocycles. The summed E-state index contributed by atoms with van der Waals surface area (Å²) in [5.41, 5.74) is 2.03. The number of aryl methyl sites for hydroxylation is 2. The molecule has 0 spiro atoms. The van der Waals surface area contributed by atoms with E-state index in [9.17, 15) is 19.8 Å². The molecule has 1 atom stereocenters. The first-order valence-electron chi connectivity index (χ1n) is 12.1. The quantitative estimate of drug-likeness (QED) is 0.324. The van der Waals surface area contributed by atoms with E-state index in [2.05, 4.69) is 51.8 Å². The number of fused-ring (bicyclic) bond motifs is 1. The second kappa shape index (κ2) is 10.8. The first-order chi connectivity index (χ1) is 16.1. The molecule has 0 bridgehead atoms. The molecule has 200 valence electrons.